The van der Waals surface area contributed by atoms with Gasteiger partial charge in [-0.15, -0.1) is 0 Å². The third-order valence-corrected chi connectivity index (χ3v) is 5.25. The molecule has 0 radical (unpaired) electrons. The molecular formula is C25H25NO4. The monoisotopic (exact) mass is 403 g/mol. The smallest absolute Gasteiger partial charge is 0.258 e. The van der Waals surface area contributed by atoms with Crippen molar-refractivity contribution < 1.29 is 19.1 Å². The Balaban J connectivity index is 1.38. The van der Waals surface area contributed by atoms with E-state index in [0.29, 0.717) is 23.5 Å². The highest BCUT2D eigenvalue weighted by Gasteiger charge is 2.32. The van der Waals surface area contributed by atoms with Gasteiger partial charge in [0.1, 0.15) is 17.1 Å². The van der Waals surface area contributed by atoms with Crippen LogP contribution >= 0.6 is 0 Å². The molecule has 0 bridgehead atoms. The maximum atomic E-state index is 12.4. The molecule has 5 heteroatoms. The molecule has 1 unspecified atom stereocenters. The van der Waals surface area contributed by atoms with Crippen LogP contribution in [0.1, 0.15) is 49.2 Å². The lowest BCUT2D eigenvalue weighted by Gasteiger charge is -2.31. The van der Waals surface area contributed by atoms with Gasteiger partial charge in [-0.25, -0.2) is 0 Å². The summed E-state index contributed by atoms with van der Waals surface area (Å²) in [5.41, 5.74) is 1.04. The number of carbonyl (C=O) groups excluding carboxylic acids is 2. The molecule has 0 aliphatic carbocycles. The van der Waals surface area contributed by atoms with E-state index < -0.39 is 5.60 Å². The second kappa shape index (κ2) is 7.82. The third kappa shape index (κ3) is 4.30. The zero-order chi connectivity index (χ0) is 21.3. The van der Waals surface area contributed by atoms with Crippen LogP contribution in [-0.4, -0.2) is 23.9 Å². The summed E-state index contributed by atoms with van der Waals surface area (Å²) >= 11 is 0. The van der Waals surface area contributed by atoms with E-state index in [4.69, 9.17) is 9.47 Å². The summed E-state index contributed by atoms with van der Waals surface area (Å²) in [6.45, 7) is 5.59. The predicted molar refractivity (Wildman–Crippen MR) is 116 cm³/mol. The first-order valence-corrected chi connectivity index (χ1v) is 10.1. The van der Waals surface area contributed by atoms with Crippen LogP contribution in [0.15, 0.2) is 60.7 Å². The Bertz CT molecular complexity index is 1120. The van der Waals surface area contributed by atoms with Crippen LogP contribution in [0.5, 0.6) is 11.5 Å². The van der Waals surface area contributed by atoms with E-state index in [-0.39, 0.29) is 24.3 Å². The molecule has 0 saturated heterocycles. The second-order valence-electron chi connectivity index (χ2n) is 8.30. The summed E-state index contributed by atoms with van der Waals surface area (Å²) in [6, 6.07) is 19.2. The average Bonchev–Trinajstić information content (AvgIpc) is 2.70. The van der Waals surface area contributed by atoms with Crippen LogP contribution in [0.3, 0.4) is 0 Å². The zero-order valence-electron chi connectivity index (χ0n) is 17.4. The lowest BCUT2D eigenvalue weighted by atomic mass is 9.93. The third-order valence-electron chi connectivity index (χ3n) is 5.25. The normalized spacial score (nSPS) is 15.8. The van der Waals surface area contributed by atoms with E-state index in [1.165, 1.54) is 5.39 Å². The molecule has 1 atom stereocenters. The minimum atomic E-state index is -0.546. The summed E-state index contributed by atoms with van der Waals surface area (Å²) in [5.74, 6) is 0.826. The topological polar surface area (TPSA) is 64.6 Å². The van der Waals surface area contributed by atoms with Gasteiger partial charge < -0.3 is 14.8 Å². The van der Waals surface area contributed by atoms with Crippen LogP contribution in [0.25, 0.3) is 10.8 Å². The van der Waals surface area contributed by atoms with E-state index in [9.17, 15) is 9.59 Å². The van der Waals surface area contributed by atoms with Crippen LogP contribution in [0.2, 0.25) is 0 Å². The van der Waals surface area contributed by atoms with E-state index in [1.54, 1.807) is 18.2 Å². The summed E-state index contributed by atoms with van der Waals surface area (Å²) in [4.78, 5) is 24.6. The highest BCUT2D eigenvalue weighted by Crippen LogP contribution is 2.35. The lowest BCUT2D eigenvalue weighted by molar-refractivity contribution is -0.123. The summed E-state index contributed by atoms with van der Waals surface area (Å²) in [5, 5.41) is 5.27. The molecule has 0 fully saturated rings. The average molecular weight is 403 g/mol. The molecule has 1 N–H and O–H groups in total. The molecule has 0 saturated carbocycles. The van der Waals surface area contributed by atoms with Crippen molar-refractivity contribution >= 4 is 22.5 Å². The van der Waals surface area contributed by atoms with Crippen LogP contribution in [0, 0.1) is 0 Å². The van der Waals surface area contributed by atoms with Crippen LogP contribution in [-0.2, 0) is 4.79 Å². The quantitative estimate of drug-likeness (QED) is 0.662. The Hall–Kier alpha value is -3.34. The molecule has 5 nitrogen and oxygen atoms in total. The summed E-state index contributed by atoms with van der Waals surface area (Å²) in [6.07, 6.45) is 0.343. The van der Waals surface area contributed by atoms with Gasteiger partial charge in [0.05, 0.1) is 18.0 Å². The Kier molecular flexibility index (Phi) is 5.20. The first-order chi connectivity index (χ1) is 14.3. The number of ketones is 1. The number of Topliss-reactive ketones (excluding diaryl/α,β-unsaturated/α-hetero) is 1. The van der Waals surface area contributed by atoms with Gasteiger partial charge in [0.2, 0.25) is 0 Å². The number of benzene rings is 3. The van der Waals surface area contributed by atoms with Crippen molar-refractivity contribution in [3.05, 3.63) is 71.8 Å². The Labute approximate surface area is 176 Å². The molecule has 154 valence electrons. The van der Waals surface area contributed by atoms with E-state index in [0.717, 1.165) is 10.9 Å². The molecule has 1 heterocycles. The van der Waals surface area contributed by atoms with Gasteiger partial charge >= 0.3 is 0 Å². The molecule has 3 aromatic carbocycles. The van der Waals surface area contributed by atoms with Crippen LogP contribution < -0.4 is 14.8 Å². The standard InChI is InChI=1S/C25H25NO4/c1-16(18-9-8-17-6-4-5-7-19(17)12-18)26-24(28)15-29-20-10-11-21-22(27)14-25(2,3)30-23(21)13-20/h4-13,16H,14-15H2,1-3H3,(H,26,28). The van der Waals surface area contributed by atoms with Crippen molar-refractivity contribution in [1.29, 1.82) is 0 Å². The van der Waals surface area contributed by atoms with Gasteiger partial charge in [0, 0.05) is 6.07 Å². The van der Waals surface area contributed by atoms with Gasteiger partial charge in [0.15, 0.2) is 12.4 Å². The van der Waals surface area contributed by atoms with Gasteiger partial charge in [-0.2, -0.15) is 0 Å². The molecule has 3 aromatic rings. The predicted octanol–water partition coefficient (Wildman–Crippen LogP) is 4.84. The molecule has 1 aliphatic heterocycles. The molecule has 0 aromatic heterocycles. The number of nitrogens with one attached hydrogen (secondary N) is 1. The van der Waals surface area contributed by atoms with Crippen LogP contribution in [0.4, 0.5) is 0 Å². The van der Waals surface area contributed by atoms with E-state index in [2.05, 4.69) is 29.6 Å². The van der Waals surface area contributed by atoms with Crippen molar-refractivity contribution in [3.8, 4) is 11.5 Å². The largest absolute Gasteiger partial charge is 0.486 e. The van der Waals surface area contributed by atoms with Crippen molar-refractivity contribution in [3.63, 3.8) is 0 Å². The maximum absolute atomic E-state index is 12.4. The number of carbonyl (C=O) groups is 2. The first-order valence-electron chi connectivity index (χ1n) is 10.1. The number of hydrogen-bond acceptors (Lipinski definition) is 4. The molecule has 4 rings (SSSR count). The fourth-order valence-electron chi connectivity index (χ4n) is 3.72. The van der Waals surface area contributed by atoms with Crippen molar-refractivity contribution in [2.75, 3.05) is 6.61 Å². The fraction of sp³-hybridized carbons (Fsp3) is 0.280. The van der Waals surface area contributed by atoms with E-state index >= 15 is 0 Å². The minimum absolute atomic E-state index is 0.0507. The first kappa shape index (κ1) is 20.0. The maximum Gasteiger partial charge on any atom is 0.258 e. The molecule has 0 spiro atoms. The van der Waals surface area contributed by atoms with E-state index in [1.807, 2.05) is 39.0 Å². The van der Waals surface area contributed by atoms with Gasteiger partial charge in [-0.3, -0.25) is 9.59 Å². The number of amides is 1. The zero-order valence-corrected chi connectivity index (χ0v) is 17.4. The summed E-state index contributed by atoms with van der Waals surface area (Å²) in [7, 11) is 0. The van der Waals surface area contributed by atoms with Gasteiger partial charge in [0.25, 0.3) is 5.91 Å². The Morgan fingerprint density at radius 2 is 1.87 bits per heavy atom. The lowest BCUT2D eigenvalue weighted by Crippen LogP contribution is -2.35. The highest BCUT2D eigenvalue weighted by atomic mass is 16.5. The van der Waals surface area contributed by atoms with Crippen molar-refractivity contribution in [2.45, 2.75) is 38.8 Å². The molecular weight excluding hydrogens is 378 g/mol. The number of ether oxygens (including phenoxy) is 2. The van der Waals surface area contributed by atoms with Crippen molar-refractivity contribution in [2.24, 2.45) is 0 Å². The van der Waals surface area contributed by atoms with Gasteiger partial charge in [-0.1, -0.05) is 36.4 Å². The number of rotatable bonds is 5. The molecule has 30 heavy (non-hydrogen) atoms. The summed E-state index contributed by atoms with van der Waals surface area (Å²) < 4.78 is 11.5. The molecule has 1 amide bonds. The van der Waals surface area contributed by atoms with Gasteiger partial charge in [-0.05, 0) is 55.3 Å². The second-order valence-corrected chi connectivity index (χ2v) is 8.30. The Morgan fingerprint density at radius 1 is 1.10 bits per heavy atom. The SMILES string of the molecule is CC(NC(=O)COc1ccc2c(c1)OC(C)(C)CC2=O)c1ccc2ccccc2c1. The fourth-order valence-corrected chi connectivity index (χ4v) is 3.72. The molecule has 1 aliphatic rings. The Morgan fingerprint density at radius 3 is 2.67 bits per heavy atom. The highest BCUT2D eigenvalue weighted by molar-refractivity contribution is 6.00. The number of fused-ring (bicyclic) bond motifs is 2. The minimum Gasteiger partial charge on any atom is -0.486 e. The van der Waals surface area contributed by atoms with Crippen molar-refractivity contribution in [1.82, 2.24) is 5.32 Å². The number of hydrogen-bond donors (Lipinski definition) is 1.